The number of rotatable bonds is 25. The fraction of sp³-hybridized carbons (Fsp3) is 0.528. The number of hydrogen-bond donors (Lipinski definition) is 2. The summed E-state index contributed by atoms with van der Waals surface area (Å²) in [4.78, 5) is 110. The Labute approximate surface area is 335 Å². The maximum Gasteiger partial charge on any atom is 0.262 e. The van der Waals surface area contributed by atoms with Crippen LogP contribution in [0.25, 0.3) is 0 Å². The maximum atomic E-state index is 12.5. The second kappa shape index (κ2) is 24.2. The van der Waals surface area contributed by atoms with Gasteiger partial charge >= 0.3 is 0 Å². The number of likely N-dealkylation sites (tertiary alicyclic amines) is 2. The van der Waals surface area contributed by atoms with Gasteiger partial charge in [0.25, 0.3) is 23.6 Å². The predicted molar refractivity (Wildman–Crippen MR) is 197 cm³/mol. The molecular formula is C36H46BrN5O15. The molecule has 4 rings (SSSR count). The van der Waals surface area contributed by atoms with Crippen molar-refractivity contribution >= 4 is 69.1 Å². The molecule has 2 atom stereocenters. The van der Waals surface area contributed by atoms with Crippen molar-refractivity contribution in [1.82, 2.24) is 25.3 Å². The van der Waals surface area contributed by atoms with Crippen LogP contribution in [0.2, 0.25) is 0 Å². The van der Waals surface area contributed by atoms with Crippen LogP contribution in [-0.2, 0) is 66.8 Å². The van der Waals surface area contributed by atoms with Gasteiger partial charge in [-0.2, -0.15) is 0 Å². The minimum atomic E-state index is -0.922. The molecular weight excluding hydrogens is 822 g/mol. The number of nitrogens with zero attached hydrogens (tertiary/aromatic N) is 3. The first-order valence-corrected chi connectivity index (χ1v) is 18.8. The van der Waals surface area contributed by atoms with Gasteiger partial charge < -0.3 is 34.5 Å². The van der Waals surface area contributed by atoms with Gasteiger partial charge in [-0.3, -0.25) is 53.4 Å². The molecule has 2 unspecified atom stereocenters. The van der Waals surface area contributed by atoms with E-state index < -0.39 is 72.9 Å². The van der Waals surface area contributed by atoms with Gasteiger partial charge in [0.1, 0.15) is 19.3 Å². The van der Waals surface area contributed by atoms with Crippen molar-refractivity contribution < 1.29 is 72.3 Å². The Morgan fingerprint density at radius 2 is 1.26 bits per heavy atom. The van der Waals surface area contributed by atoms with Crippen molar-refractivity contribution in [2.45, 2.75) is 57.3 Å². The van der Waals surface area contributed by atoms with Crippen LogP contribution >= 0.6 is 15.9 Å². The molecule has 1 aromatic rings. The fourth-order valence-corrected chi connectivity index (χ4v) is 5.98. The largest absolute Gasteiger partial charge is 0.412 e. The fourth-order valence-electron chi connectivity index (χ4n) is 5.51. The first kappa shape index (κ1) is 46.8. The first-order valence-electron chi connectivity index (χ1n) is 18.0. The summed E-state index contributed by atoms with van der Waals surface area (Å²) < 4.78 is 29.4. The quantitative estimate of drug-likeness (QED) is 0.0691. The van der Waals surface area contributed by atoms with Crippen LogP contribution in [0, 0.1) is 0 Å². The van der Waals surface area contributed by atoms with Crippen molar-refractivity contribution in [3.05, 3.63) is 46.5 Å². The van der Waals surface area contributed by atoms with E-state index in [1.807, 2.05) is 24.3 Å². The smallest absolute Gasteiger partial charge is 0.262 e. The van der Waals surface area contributed by atoms with Crippen molar-refractivity contribution in [3.63, 3.8) is 0 Å². The second-order valence-corrected chi connectivity index (χ2v) is 13.4. The third kappa shape index (κ3) is 14.7. The van der Waals surface area contributed by atoms with Gasteiger partial charge in [0.2, 0.25) is 29.5 Å². The lowest BCUT2D eigenvalue weighted by atomic mass is 10.2. The van der Waals surface area contributed by atoms with E-state index in [1.54, 1.807) is 0 Å². The van der Waals surface area contributed by atoms with E-state index in [0.717, 1.165) is 14.9 Å². The van der Waals surface area contributed by atoms with E-state index in [9.17, 15) is 43.2 Å². The van der Waals surface area contributed by atoms with Gasteiger partial charge in [-0.15, -0.1) is 0 Å². The number of amides is 9. The number of carbonyl (C=O) groups is 9. The average Bonchev–Trinajstić information content (AvgIpc) is 3.81. The SMILES string of the molecule is O.O=C(CCN1C(=O)C=CC1=O)NCCCOC(OCCCNCOCC(COCC(=O)N1C(=O)CCC1=O)OCC(=O)N1C(=O)CCC1=O)c1ccccc1Br. The standard InChI is InChI=1S/C36H44BrN5O14.H2O/c37-26-6-2-1-5-25(26)36(55-18-4-15-39-27(43)13-16-40-28(44)7-8-29(40)45)54-17-3-14-38-23-53-20-24(56-22-35(51)42-32(48)11-12-33(42)49)19-52-21-34(50)41-30(46)9-10-31(41)47;/h1-2,5-8,24,36,38H,3-4,9-23H2,(H,39,43);1H2. The lowest BCUT2D eigenvalue weighted by Gasteiger charge is -2.21. The molecule has 9 amide bonds. The van der Waals surface area contributed by atoms with E-state index in [4.69, 9.17) is 23.7 Å². The molecule has 20 nitrogen and oxygen atoms in total. The zero-order valence-electron chi connectivity index (χ0n) is 31.1. The minimum Gasteiger partial charge on any atom is -0.412 e. The van der Waals surface area contributed by atoms with Gasteiger partial charge in [0.05, 0.1) is 33.2 Å². The Bertz CT molecular complexity index is 1620. The van der Waals surface area contributed by atoms with E-state index in [2.05, 4.69) is 26.6 Å². The summed E-state index contributed by atoms with van der Waals surface area (Å²) in [5.74, 6) is -5.31. The van der Waals surface area contributed by atoms with Crippen molar-refractivity contribution in [2.24, 2.45) is 0 Å². The normalized spacial score (nSPS) is 16.5. The molecule has 0 aromatic heterocycles. The summed E-state index contributed by atoms with van der Waals surface area (Å²) >= 11 is 3.52. The number of ether oxygens (including phenoxy) is 5. The molecule has 0 aliphatic carbocycles. The predicted octanol–water partition coefficient (Wildman–Crippen LogP) is -0.816. The number of hydrogen-bond acceptors (Lipinski definition) is 15. The molecule has 0 saturated carbocycles. The molecule has 1 aromatic carbocycles. The Morgan fingerprint density at radius 1 is 0.719 bits per heavy atom. The van der Waals surface area contributed by atoms with Crippen molar-refractivity contribution in [3.8, 4) is 0 Å². The molecule has 57 heavy (non-hydrogen) atoms. The van der Waals surface area contributed by atoms with Gasteiger partial charge in [-0.25, -0.2) is 9.80 Å². The van der Waals surface area contributed by atoms with E-state index >= 15 is 0 Å². The summed E-state index contributed by atoms with van der Waals surface area (Å²) in [6.07, 6.45) is 1.47. The third-order valence-corrected chi connectivity index (χ3v) is 9.11. The molecule has 3 aliphatic heterocycles. The first-order chi connectivity index (χ1) is 27.0. The monoisotopic (exact) mass is 867 g/mol. The van der Waals surface area contributed by atoms with Crippen LogP contribution in [0.15, 0.2) is 40.9 Å². The zero-order chi connectivity index (χ0) is 40.5. The summed E-state index contributed by atoms with van der Waals surface area (Å²) in [7, 11) is 0. The van der Waals surface area contributed by atoms with Gasteiger partial charge in [0.15, 0.2) is 6.29 Å². The van der Waals surface area contributed by atoms with Crippen molar-refractivity contribution in [2.75, 3.05) is 66.0 Å². The van der Waals surface area contributed by atoms with Crippen LogP contribution < -0.4 is 10.6 Å². The lowest BCUT2D eigenvalue weighted by Crippen LogP contribution is -2.41. The zero-order valence-corrected chi connectivity index (χ0v) is 32.7. The molecule has 0 spiro atoms. The lowest BCUT2D eigenvalue weighted by molar-refractivity contribution is -0.158. The molecule has 3 heterocycles. The van der Waals surface area contributed by atoms with Crippen LogP contribution in [0.3, 0.4) is 0 Å². The van der Waals surface area contributed by atoms with E-state index in [1.165, 1.54) is 12.2 Å². The average molecular weight is 869 g/mol. The highest BCUT2D eigenvalue weighted by atomic mass is 79.9. The summed E-state index contributed by atoms with van der Waals surface area (Å²) in [6, 6.07) is 7.42. The molecule has 4 N–H and O–H groups in total. The third-order valence-electron chi connectivity index (χ3n) is 8.38. The molecule has 312 valence electrons. The number of benzene rings is 1. The van der Waals surface area contributed by atoms with Crippen LogP contribution in [0.4, 0.5) is 0 Å². The van der Waals surface area contributed by atoms with Gasteiger partial charge in [0, 0.05) is 67.4 Å². The van der Waals surface area contributed by atoms with E-state index in [-0.39, 0.29) is 76.6 Å². The van der Waals surface area contributed by atoms with Crippen LogP contribution in [-0.4, -0.2) is 145 Å². The molecule has 3 aliphatic rings. The number of carbonyl (C=O) groups excluding carboxylic acids is 9. The summed E-state index contributed by atoms with van der Waals surface area (Å²) in [6.45, 7) is -0.235. The minimum absolute atomic E-state index is 0. The highest BCUT2D eigenvalue weighted by molar-refractivity contribution is 9.10. The van der Waals surface area contributed by atoms with Crippen molar-refractivity contribution in [1.29, 1.82) is 0 Å². The highest BCUT2D eigenvalue weighted by Crippen LogP contribution is 2.27. The van der Waals surface area contributed by atoms with Crippen LogP contribution in [0.5, 0.6) is 0 Å². The second-order valence-electron chi connectivity index (χ2n) is 12.6. The van der Waals surface area contributed by atoms with Crippen LogP contribution in [0.1, 0.15) is 56.8 Å². The van der Waals surface area contributed by atoms with Gasteiger partial charge in [-0.05, 0) is 25.5 Å². The summed E-state index contributed by atoms with van der Waals surface area (Å²) in [5, 5.41) is 5.82. The topological polar surface area (TPSA) is 265 Å². The molecule has 0 bridgehead atoms. The molecule has 2 fully saturated rings. The maximum absolute atomic E-state index is 12.5. The number of nitrogens with one attached hydrogen (secondary N) is 2. The Balaban J connectivity index is 0.00000870. The molecule has 2 saturated heterocycles. The molecule has 21 heteroatoms. The Hall–Kier alpha value is -4.61. The summed E-state index contributed by atoms with van der Waals surface area (Å²) in [5.41, 5.74) is 0.770. The molecule has 0 radical (unpaired) electrons. The van der Waals surface area contributed by atoms with E-state index in [0.29, 0.717) is 42.3 Å². The number of halogens is 1. The highest BCUT2D eigenvalue weighted by Gasteiger charge is 2.36. The number of imide groups is 7. The van der Waals surface area contributed by atoms with Gasteiger partial charge in [-0.1, -0.05) is 34.1 Å². The Kier molecular flexibility index (Phi) is 19.9. The Morgan fingerprint density at radius 3 is 1.86 bits per heavy atom.